The standard InChI is InChI=1S/C21H36F2O.C2H6/c1-5-14(8-6-12(2)3)15-10-11-17-16-9-7-13(4)18(22)20(16)24-21(17)19(15)23;1-2/h12-21H,5-11H2,1-4H3;1-2H3. The summed E-state index contributed by atoms with van der Waals surface area (Å²) in [4.78, 5) is 0. The zero-order valence-electron chi connectivity index (χ0n) is 17.9. The maximum absolute atomic E-state index is 15.4. The van der Waals surface area contributed by atoms with E-state index >= 15 is 4.39 Å². The molecule has 9 unspecified atom stereocenters. The number of rotatable bonds is 5. The van der Waals surface area contributed by atoms with Crippen LogP contribution in [-0.4, -0.2) is 24.6 Å². The molecule has 3 fully saturated rings. The Morgan fingerprint density at radius 2 is 1.46 bits per heavy atom. The summed E-state index contributed by atoms with van der Waals surface area (Å²) in [6, 6.07) is 0. The molecule has 0 N–H and O–H groups in total. The van der Waals surface area contributed by atoms with Gasteiger partial charge in [0.25, 0.3) is 0 Å². The van der Waals surface area contributed by atoms with Crippen LogP contribution in [0.3, 0.4) is 0 Å². The third kappa shape index (κ3) is 4.45. The van der Waals surface area contributed by atoms with Gasteiger partial charge < -0.3 is 4.74 Å². The highest BCUT2D eigenvalue weighted by atomic mass is 19.1. The van der Waals surface area contributed by atoms with Crippen LogP contribution in [0.5, 0.6) is 0 Å². The molecule has 0 spiro atoms. The fourth-order valence-electron chi connectivity index (χ4n) is 5.74. The molecule has 0 bridgehead atoms. The molecule has 0 amide bonds. The van der Waals surface area contributed by atoms with Crippen LogP contribution >= 0.6 is 0 Å². The van der Waals surface area contributed by atoms with E-state index in [2.05, 4.69) is 20.8 Å². The van der Waals surface area contributed by atoms with E-state index in [1.54, 1.807) is 0 Å². The Morgan fingerprint density at radius 3 is 2.04 bits per heavy atom. The van der Waals surface area contributed by atoms with Crippen molar-refractivity contribution in [3.05, 3.63) is 0 Å². The van der Waals surface area contributed by atoms with Gasteiger partial charge in [0.2, 0.25) is 0 Å². The summed E-state index contributed by atoms with van der Waals surface area (Å²) >= 11 is 0. The van der Waals surface area contributed by atoms with Crippen molar-refractivity contribution in [1.29, 1.82) is 0 Å². The number of fused-ring (bicyclic) bond motifs is 3. The highest BCUT2D eigenvalue weighted by molar-refractivity contribution is 5.04. The van der Waals surface area contributed by atoms with Crippen LogP contribution in [0.25, 0.3) is 0 Å². The van der Waals surface area contributed by atoms with Gasteiger partial charge in [-0.25, -0.2) is 8.78 Å². The van der Waals surface area contributed by atoms with Gasteiger partial charge in [-0.3, -0.25) is 0 Å². The second-order valence-corrected chi connectivity index (χ2v) is 9.22. The summed E-state index contributed by atoms with van der Waals surface area (Å²) in [7, 11) is 0. The summed E-state index contributed by atoms with van der Waals surface area (Å²) in [5.74, 6) is 1.83. The van der Waals surface area contributed by atoms with Crippen molar-refractivity contribution in [2.75, 3.05) is 0 Å². The zero-order chi connectivity index (χ0) is 19.4. The van der Waals surface area contributed by atoms with Crippen LogP contribution in [0.4, 0.5) is 8.78 Å². The van der Waals surface area contributed by atoms with Crippen LogP contribution in [-0.2, 0) is 4.74 Å². The molecule has 1 heterocycles. The van der Waals surface area contributed by atoms with Gasteiger partial charge in [0.15, 0.2) is 0 Å². The van der Waals surface area contributed by atoms with E-state index in [9.17, 15) is 4.39 Å². The Labute approximate surface area is 160 Å². The van der Waals surface area contributed by atoms with Gasteiger partial charge in [0, 0.05) is 0 Å². The largest absolute Gasteiger partial charge is 0.368 e. The lowest BCUT2D eigenvalue weighted by Gasteiger charge is -2.40. The van der Waals surface area contributed by atoms with Crippen LogP contribution in [0.1, 0.15) is 86.5 Å². The van der Waals surface area contributed by atoms with Gasteiger partial charge >= 0.3 is 0 Å². The molecule has 3 aliphatic rings. The maximum atomic E-state index is 15.4. The highest BCUT2D eigenvalue weighted by Gasteiger charge is 2.56. The summed E-state index contributed by atoms with van der Waals surface area (Å²) in [5.41, 5.74) is 0. The lowest BCUT2D eigenvalue weighted by Crippen LogP contribution is -2.43. The minimum Gasteiger partial charge on any atom is -0.368 e. The molecule has 3 heteroatoms. The van der Waals surface area contributed by atoms with Gasteiger partial charge in [0.1, 0.15) is 12.3 Å². The van der Waals surface area contributed by atoms with E-state index in [0.29, 0.717) is 11.8 Å². The molecule has 0 radical (unpaired) electrons. The second kappa shape index (κ2) is 9.85. The first kappa shape index (κ1) is 22.1. The molecular formula is C23H42F2O. The lowest BCUT2D eigenvalue weighted by molar-refractivity contribution is -0.0926. The molecule has 2 saturated carbocycles. The van der Waals surface area contributed by atoms with Crippen molar-refractivity contribution < 1.29 is 13.5 Å². The first-order valence-corrected chi connectivity index (χ1v) is 11.4. The SMILES string of the molecule is CC.CCC(CCC(C)C)C1CCC2C3CCC(C)C(F)C3OC2C1F. The molecule has 0 aromatic carbocycles. The number of hydrogen-bond acceptors (Lipinski definition) is 1. The van der Waals surface area contributed by atoms with Gasteiger partial charge in [-0.1, -0.05) is 54.4 Å². The monoisotopic (exact) mass is 372 g/mol. The Bertz CT molecular complexity index is 413. The quantitative estimate of drug-likeness (QED) is 0.505. The molecule has 154 valence electrons. The summed E-state index contributed by atoms with van der Waals surface area (Å²) in [6.45, 7) is 12.6. The summed E-state index contributed by atoms with van der Waals surface area (Å²) < 4.78 is 36.0. The maximum Gasteiger partial charge on any atom is 0.130 e. The summed E-state index contributed by atoms with van der Waals surface area (Å²) in [5, 5.41) is 0. The topological polar surface area (TPSA) is 9.23 Å². The molecule has 0 aromatic heterocycles. The Morgan fingerprint density at radius 1 is 0.885 bits per heavy atom. The fraction of sp³-hybridized carbons (Fsp3) is 1.00. The van der Waals surface area contributed by atoms with Crippen molar-refractivity contribution in [3.63, 3.8) is 0 Å². The number of halogens is 2. The summed E-state index contributed by atoms with van der Waals surface area (Å²) in [6.07, 6.45) is 4.83. The molecule has 1 nitrogen and oxygen atoms in total. The van der Waals surface area contributed by atoms with Crippen molar-refractivity contribution in [3.8, 4) is 0 Å². The third-order valence-electron chi connectivity index (χ3n) is 7.32. The molecule has 1 aliphatic heterocycles. The van der Waals surface area contributed by atoms with E-state index in [4.69, 9.17) is 4.74 Å². The molecule has 1 saturated heterocycles. The van der Waals surface area contributed by atoms with E-state index in [1.165, 1.54) is 6.42 Å². The highest BCUT2D eigenvalue weighted by Crippen LogP contribution is 2.52. The number of alkyl halides is 2. The lowest BCUT2D eigenvalue weighted by atomic mass is 9.65. The minimum absolute atomic E-state index is 0.0645. The predicted octanol–water partition coefficient (Wildman–Crippen LogP) is 6.99. The van der Waals surface area contributed by atoms with E-state index in [0.717, 1.165) is 38.5 Å². The zero-order valence-corrected chi connectivity index (χ0v) is 17.9. The van der Waals surface area contributed by atoms with Gasteiger partial charge in [-0.2, -0.15) is 0 Å². The Kier molecular flexibility index (Phi) is 8.37. The average Bonchev–Trinajstić information content (AvgIpc) is 3.02. The fourth-order valence-corrected chi connectivity index (χ4v) is 5.74. The number of ether oxygens (including phenoxy) is 1. The second-order valence-electron chi connectivity index (χ2n) is 9.22. The van der Waals surface area contributed by atoms with Gasteiger partial charge in [0.05, 0.1) is 12.2 Å². The van der Waals surface area contributed by atoms with Crippen LogP contribution in [0, 0.1) is 35.5 Å². The van der Waals surface area contributed by atoms with Crippen LogP contribution in [0.15, 0.2) is 0 Å². The van der Waals surface area contributed by atoms with Crippen LogP contribution in [0.2, 0.25) is 0 Å². The first-order valence-electron chi connectivity index (χ1n) is 11.4. The van der Waals surface area contributed by atoms with Crippen LogP contribution < -0.4 is 0 Å². The van der Waals surface area contributed by atoms with Gasteiger partial charge in [-0.05, 0) is 67.6 Å². The van der Waals surface area contributed by atoms with Crippen molar-refractivity contribution >= 4 is 0 Å². The Balaban J connectivity index is 0.00000117. The van der Waals surface area contributed by atoms with E-state index in [1.807, 2.05) is 20.8 Å². The minimum atomic E-state index is -0.900. The number of hydrogen-bond donors (Lipinski definition) is 0. The molecule has 2 aliphatic carbocycles. The molecule has 26 heavy (non-hydrogen) atoms. The van der Waals surface area contributed by atoms with Crippen molar-refractivity contribution in [2.45, 2.75) is 111 Å². The molecule has 3 rings (SSSR count). The van der Waals surface area contributed by atoms with Crippen molar-refractivity contribution in [1.82, 2.24) is 0 Å². The van der Waals surface area contributed by atoms with Crippen molar-refractivity contribution in [2.24, 2.45) is 35.5 Å². The Hall–Kier alpha value is -0.180. The van der Waals surface area contributed by atoms with Gasteiger partial charge in [-0.15, -0.1) is 0 Å². The predicted molar refractivity (Wildman–Crippen MR) is 106 cm³/mol. The molecule has 0 aromatic rings. The molecule has 9 atom stereocenters. The van der Waals surface area contributed by atoms with E-state index < -0.39 is 12.3 Å². The normalized spacial score (nSPS) is 43.3. The first-order chi connectivity index (χ1) is 12.4. The smallest absolute Gasteiger partial charge is 0.130 e. The third-order valence-corrected chi connectivity index (χ3v) is 7.32. The molecular weight excluding hydrogens is 330 g/mol. The van der Waals surface area contributed by atoms with E-state index in [-0.39, 0.29) is 35.9 Å². The average molecular weight is 373 g/mol.